The molecule has 4 amide bonds. The average molecular weight is 410 g/mol. The van der Waals surface area contributed by atoms with Crippen LogP contribution in [0.15, 0.2) is 48.5 Å². The van der Waals surface area contributed by atoms with E-state index in [4.69, 9.17) is 4.74 Å². The molecule has 1 saturated heterocycles. The first-order chi connectivity index (χ1) is 14.2. The lowest BCUT2D eigenvalue weighted by Gasteiger charge is -2.22. The Morgan fingerprint density at radius 3 is 2.50 bits per heavy atom. The Morgan fingerprint density at radius 2 is 1.87 bits per heavy atom. The van der Waals surface area contributed by atoms with Gasteiger partial charge in [0.1, 0.15) is 17.8 Å². The van der Waals surface area contributed by atoms with E-state index in [1.165, 1.54) is 0 Å². The smallest absolute Gasteiger partial charge is 0.325 e. The molecule has 30 heavy (non-hydrogen) atoms. The molecule has 158 valence electrons. The third-order valence-electron chi connectivity index (χ3n) is 5.16. The Labute approximate surface area is 175 Å². The highest BCUT2D eigenvalue weighted by Crippen LogP contribution is 2.29. The summed E-state index contributed by atoms with van der Waals surface area (Å²) in [6.07, 6.45) is 0. The second-order valence-corrected chi connectivity index (χ2v) is 7.52. The maximum absolute atomic E-state index is 12.9. The van der Waals surface area contributed by atoms with Gasteiger partial charge in [-0.1, -0.05) is 24.3 Å². The quantitative estimate of drug-likeness (QED) is 0.680. The number of hydrogen-bond donors (Lipinski definition) is 2. The van der Waals surface area contributed by atoms with Gasteiger partial charge < -0.3 is 20.3 Å². The summed E-state index contributed by atoms with van der Waals surface area (Å²) in [5.41, 5.74) is 1.33. The molecule has 2 N–H and O–H groups in total. The zero-order valence-electron chi connectivity index (χ0n) is 17.6. The number of hydrogen-bond acceptors (Lipinski definition) is 5. The third-order valence-corrected chi connectivity index (χ3v) is 5.16. The van der Waals surface area contributed by atoms with E-state index in [-0.39, 0.29) is 6.54 Å². The van der Waals surface area contributed by atoms with Crippen molar-refractivity contribution in [2.75, 3.05) is 32.6 Å². The molecular weight excluding hydrogens is 384 g/mol. The van der Waals surface area contributed by atoms with Crippen LogP contribution in [0.4, 0.5) is 10.5 Å². The third kappa shape index (κ3) is 4.22. The number of methoxy groups -OCH3 is 1. The fourth-order valence-electron chi connectivity index (χ4n) is 3.31. The minimum Gasteiger partial charge on any atom is -0.497 e. The zero-order chi connectivity index (χ0) is 21.9. The van der Waals surface area contributed by atoms with Gasteiger partial charge in [-0.05, 0) is 42.3 Å². The predicted octanol–water partition coefficient (Wildman–Crippen LogP) is 1.84. The van der Waals surface area contributed by atoms with Crippen LogP contribution >= 0.6 is 0 Å². The molecule has 3 rings (SSSR count). The van der Waals surface area contributed by atoms with Gasteiger partial charge in [0, 0.05) is 26.3 Å². The minimum atomic E-state index is -1.23. The fourth-order valence-corrected chi connectivity index (χ4v) is 3.31. The first-order valence-corrected chi connectivity index (χ1v) is 9.56. The molecule has 0 spiro atoms. The van der Waals surface area contributed by atoms with Crippen LogP contribution in [-0.2, 0) is 21.7 Å². The van der Waals surface area contributed by atoms with E-state index in [0.717, 1.165) is 16.2 Å². The molecule has 0 aromatic heterocycles. The van der Waals surface area contributed by atoms with Crippen LogP contribution in [0.25, 0.3) is 0 Å². The lowest BCUT2D eigenvalue weighted by Crippen LogP contribution is -2.43. The van der Waals surface area contributed by atoms with Gasteiger partial charge in [-0.2, -0.15) is 0 Å². The van der Waals surface area contributed by atoms with Crippen molar-refractivity contribution >= 4 is 23.5 Å². The monoisotopic (exact) mass is 410 g/mol. The number of anilines is 1. The molecule has 1 aliphatic heterocycles. The molecule has 1 heterocycles. The van der Waals surface area contributed by atoms with E-state index in [1.807, 2.05) is 43.3 Å². The Kier molecular flexibility index (Phi) is 5.96. The summed E-state index contributed by atoms with van der Waals surface area (Å²) in [5, 5.41) is 5.46. The van der Waals surface area contributed by atoms with Gasteiger partial charge in [0.25, 0.3) is 5.91 Å². The van der Waals surface area contributed by atoms with E-state index in [9.17, 15) is 14.4 Å². The number of nitrogens with one attached hydrogen (secondary N) is 2. The Bertz CT molecular complexity index is 958. The summed E-state index contributed by atoms with van der Waals surface area (Å²) in [4.78, 5) is 40.7. The lowest BCUT2D eigenvalue weighted by molar-refractivity contribution is -0.134. The van der Waals surface area contributed by atoms with Crippen molar-refractivity contribution < 1.29 is 19.1 Å². The summed E-state index contributed by atoms with van der Waals surface area (Å²) in [5.74, 6) is -0.233. The molecule has 0 bridgehead atoms. The van der Waals surface area contributed by atoms with Crippen LogP contribution in [0.5, 0.6) is 5.75 Å². The van der Waals surface area contributed by atoms with Gasteiger partial charge in [-0.15, -0.1) is 0 Å². The summed E-state index contributed by atoms with van der Waals surface area (Å²) < 4.78 is 5.13. The highest BCUT2D eigenvalue weighted by Gasteiger charge is 2.49. The SMILES string of the molecule is COc1ccc(C2(C)NC(=O)N(CC(=O)NCc3cccc(N(C)C)c3)C2=O)cc1. The van der Waals surface area contributed by atoms with Crippen LogP contribution in [0.3, 0.4) is 0 Å². The molecule has 8 heteroatoms. The first-order valence-electron chi connectivity index (χ1n) is 9.56. The number of carbonyl (C=O) groups excluding carboxylic acids is 3. The predicted molar refractivity (Wildman–Crippen MR) is 113 cm³/mol. The topological polar surface area (TPSA) is 91.0 Å². The van der Waals surface area contributed by atoms with Gasteiger partial charge in [0.2, 0.25) is 5.91 Å². The van der Waals surface area contributed by atoms with E-state index in [0.29, 0.717) is 17.9 Å². The molecule has 1 fully saturated rings. The molecule has 0 aliphatic carbocycles. The largest absolute Gasteiger partial charge is 0.497 e. The van der Waals surface area contributed by atoms with Crippen LogP contribution in [0.1, 0.15) is 18.1 Å². The van der Waals surface area contributed by atoms with Gasteiger partial charge in [0.05, 0.1) is 7.11 Å². The van der Waals surface area contributed by atoms with E-state index in [2.05, 4.69) is 10.6 Å². The van der Waals surface area contributed by atoms with E-state index < -0.39 is 23.4 Å². The number of ether oxygens (including phenoxy) is 1. The normalized spacial score (nSPS) is 18.2. The van der Waals surface area contributed by atoms with Gasteiger partial charge in [-0.3, -0.25) is 14.5 Å². The van der Waals surface area contributed by atoms with Crippen molar-refractivity contribution in [1.29, 1.82) is 0 Å². The van der Waals surface area contributed by atoms with Gasteiger partial charge in [0.15, 0.2) is 0 Å². The number of carbonyl (C=O) groups is 3. The molecular formula is C22H26N4O4. The van der Waals surface area contributed by atoms with Crippen LogP contribution < -0.4 is 20.3 Å². The van der Waals surface area contributed by atoms with Crippen LogP contribution in [-0.4, -0.2) is 50.5 Å². The highest BCUT2D eigenvalue weighted by atomic mass is 16.5. The van der Waals surface area contributed by atoms with Crippen molar-refractivity contribution in [2.24, 2.45) is 0 Å². The molecule has 1 aliphatic rings. The fraction of sp³-hybridized carbons (Fsp3) is 0.318. The second kappa shape index (κ2) is 8.44. The minimum absolute atomic E-state index is 0.305. The van der Waals surface area contributed by atoms with E-state index in [1.54, 1.807) is 38.3 Å². The second-order valence-electron chi connectivity index (χ2n) is 7.52. The van der Waals surface area contributed by atoms with Crippen molar-refractivity contribution in [1.82, 2.24) is 15.5 Å². The van der Waals surface area contributed by atoms with Crippen molar-refractivity contribution in [2.45, 2.75) is 19.0 Å². The Balaban J connectivity index is 1.64. The lowest BCUT2D eigenvalue weighted by atomic mass is 9.92. The standard InChI is InChI=1S/C22H26N4O4/c1-22(16-8-10-18(30-4)11-9-16)20(28)26(21(29)24-22)14-19(27)23-13-15-6-5-7-17(12-15)25(2)3/h5-12H,13-14H2,1-4H3,(H,23,27)(H,24,29). The number of rotatable bonds is 7. The maximum atomic E-state index is 12.9. The van der Waals surface area contributed by atoms with E-state index >= 15 is 0 Å². The zero-order valence-corrected chi connectivity index (χ0v) is 17.6. The number of imide groups is 1. The first kappa shape index (κ1) is 21.2. The summed E-state index contributed by atoms with van der Waals surface area (Å²) >= 11 is 0. The highest BCUT2D eigenvalue weighted by molar-refractivity contribution is 6.09. The van der Waals surface area contributed by atoms with Crippen molar-refractivity contribution in [3.63, 3.8) is 0 Å². The van der Waals surface area contributed by atoms with Crippen LogP contribution in [0, 0.1) is 0 Å². The average Bonchev–Trinajstić information content (AvgIpc) is 2.96. The Hall–Kier alpha value is -3.55. The summed E-state index contributed by atoms with van der Waals surface area (Å²) in [6.45, 7) is 1.59. The Morgan fingerprint density at radius 1 is 1.17 bits per heavy atom. The van der Waals surface area contributed by atoms with Crippen LogP contribution in [0.2, 0.25) is 0 Å². The number of urea groups is 1. The molecule has 2 aromatic rings. The van der Waals surface area contributed by atoms with Crippen molar-refractivity contribution in [3.05, 3.63) is 59.7 Å². The summed E-state index contributed by atoms with van der Waals surface area (Å²) in [6, 6.07) is 14.0. The molecule has 8 nitrogen and oxygen atoms in total. The number of amides is 4. The summed E-state index contributed by atoms with van der Waals surface area (Å²) in [7, 11) is 5.43. The molecule has 2 aromatic carbocycles. The number of nitrogens with zero attached hydrogens (tertiary/aromatic N) is 2. The number of benzene rings is 2. The van der Waals surface area contributed by atoms with Crippen molar-refractivity contribution in [3.8, 4) is 5.75 Å². The van der Waals surface area contributed by atoms with Gasteiger partial charge >= 0.3 is 6.03 Å². The molecule has 1 atom stereocenters. The molecule has 0 saturated carbocycles. The molecule has 0 radical (unpaired) electrons. The molecule has 1 unspecified atom stereocenters. The van der Waals surface area contributed by atoms with Gasteiger partial charge in [-0.25, -0.2) is 4.79 Å². The maximum Gasteiger partial charge on any atom is 0.325 e.